The predicted molar refractivity (Wildman–Crippen MR) is 110 cm³/mol. The number of amides is 2. The van der Waals surface area contributed by atoms with Crippen LogP contribution in [0.25, 0.3) is 0 Å². The molecule has 0 saturated heterocycles. The molecule has 3 aliphatic rings. The Kier molecular flexibility index (Phi) is 5.21. The number of aryl methyl sites for hydroxylation is 1. The zero-order chi connectivity index (χ0) is 22.5. The fourth-order valence-corrected chi connectivity index (χ4v) is 4.55. The lowest BCUT2D eigenvalue weighted by Crippen LogP contribution is -2.47. The molecule has 0 spiro atoms. The molecule has 32 heavy (non-hydrogen) atoms. The molecular weight excluding hydrogens is 420 g/mol. The number of nitrogens with zero attached hydrogens (tertiary/aromatic N) is 6. The van der Waals surface area contributed by atoms with E-state index in [0.29, 0.717) is 38.3 Å². The van der Waals surface area contributed by atoms with E-state index in [0.717, 1.165) is 24.4 Å². The Labute approximate surface area is 184 Å². The van der Waals surface area contributed by atoms with Crippen molar-refractivity contribution in [1.82, 2.24) is 29.9 Å². The summed E-state index contributed by atoms with van der Waals surface area (Å²) in [5, 5.41) is 11.6. The number of anilines is 1. The van der Waals surface area contributed by atoms with Crippen molar-refractivity contribution >= 4 is 17.6 Å². The molecule has 2 amide bonds. The lowest BCUT2D eigenvalue weighted by molar-refractivity contribution is -0.120. The van der Waals surface area contributed by atoms with E-state index >= 15 is 0 Å². The third-order valence-corrected chi connectivity index (χ3v) is 6.70. The van der Waals surface area contributed by atoms with Gasteiger partial charge in [-0.25, -0.2) is 18.4 Å². The second kappa shape index (κ2) is 7.93. The number of rotatable bonds is 5. The Morgan fingerprint density at radius 1 is 1.19 bits per heavy atom. The Hall–Kier alpha value is -2.85. The summed E-state index contributed by atoms with van der Waals surface area (Å²) >= 11 is 0. The zero-order valence-electron chi connectivity index (χ0n) is 18.0. The molecule has 1 unspecified atom stereocenters. The molecule has 2 aliphatic carbocycles. The van der Waals surface area contributed by atoms with Gasteiger partial charge in [0.15, 0.2) is 0 Å². The van der Waals surface area contributed by atoms with E-state index in [1.807, 2.05) is 10.7 Å². The van der Waals surface area contributed by atoms with Crippen molar-refractivity contribution in [2.45, 2.75) is 75.9 Å². The second-order valence-electron chi connectivity index (χ2n) is 9.23. The first-order valence-corrected chi connectivity index (χ1v) is 11.2. The Balaban J connectivity index is 1.20. The van der Waals surface area contributed by atoms with Crippen LogP contribution in [0.4, 0.5) is 14.6 Å². The number of carbonyl (C=O) groups excluding carboxylic acids is 2. The Morgan fingerprint density at radius 3 is 2.66 bits per heavy atom. The van der Waals surface area contributed by atoms with Crippen LogP contribution in [0, 0.1) is 5.92 Å². The highest BCUT2D eigenvalue weighted by Gasteiger charge is 2.36. The fourth-order valence-electron chi connectivity index (χ4n) is 4.55. The van der Waals surface area contributed by atoms with Crippen LogP contribution in [0.15, 0.2) is 12.4 Å². The molecular formula is C21H27F2N7O2. The molecule has 2 aromatic heterocycles. The predicted octanol–water partition coefficient (Wildman–Crippen LogP) is 2.34. The Morgan fingerprint density at radius 2 is 1.94 bits per heavy atom. The molecule has 2 saturated carbocycles. The van der Waals surface area contributed by atoms with Gasteiger partial charge in [0.05, 0.1) is 5.69 Å². The van der Waals surface area contributed by atoms with E-state index < -0.39 is 17.9 Å². The summed E-state index contributed by atoms with van der Waals surface area (Å²) in [5.41, 5.74) is 1.03. The first-order chi connectivity index (χ1) is 15.3. The lowest BCUT2D eigenvalue weighted by Gasteiger charge is -2.27. The monoisotopic (exact) mass is 447 g/mol. The fraction of sp³-hybridized carbons (Fsp3) is 0.667. The minimum absolute atomic E-state index is 0.0282. The molecule has 1 atom stereocenters. The third kappa shape index (κ3) is 4.24. The highest BCUT2D eigenvalue weighted by molar-refractivity contribution is 6.00. The largest absolute Gasteiger partial charge is 0.337 e. The van der Waals surface area contributed by atoms with Gasteiger partial charge in [0.25, 0.3) is 11.8 Å². The SMILES string of the molecule is CN1C(=O)C(NC(=O)c2ncn(CC3CCC(F)(F)CC3)n2)CCn2nc(C3CC3)cc21. The van der Waals surface area contributed by atoms with E-state index in [9.17, 15) is 18.4 Å². The van der Waals surface area contributed by atoms with Crippen LogP contribution in [0.5, 0.6) is 0 Å². The molecule has 2 aromatic rings. The molecule has 3 heterocycles. The normalized spacial score (nSPS) is 23.7. The summed E-state index contributed by atoms with van der Waals surface area (Å²) in [6.45, 7) is 0.975. The number of carbonyl (C=O) groups is 2. The molecule has 0 radical (unpaired) electrons. The van der Waals surface area contributed by atoms with Gasteiger partial charge in [-0.2, -0.15) is 5.10 Å². The average molecular weight is 447 g/mol. The third-order valence-electron chi connectivity index (χ3n) is 6.70. The van der Waals surface area contributed by atoms with Gasteiger partial charge < -0.3 is 5.32 Å². The van der Waals surface area contributed by atoms with Gasteiger partial charge in [-0.15, -0.1) is 5.10 Å². The van der Waals surface area contributed by atoms with Crippen LogP contribution < -0.4 is 10.2 Å². The number of likely N-dealkylation sites (N-methyl/N-ethyl adjacent to an activating group) is 1. The van der Waals surface area contributed by atoms with E-state index in [2.05, 4.69) is 20.5 Å². The molecule has 172 valence electrons. The average Bonchev–Trinajstić information content (AvgIpc) is 3.38. The number of hydrogen-bond donors (Lipinski definition) is 1. The number of alkyl halides is 2. The van der Waals surface area contributed by atoms with Gasteiger partial charge >= 0.3 is 0 Å². The minimum Gasteiger partial charge on any atom is -0.337 e. The van der Waals surface area contributed by atoms with Crippen molar-refractivity contribution in [2.24, 2.45) is 5.92 Å². The van der Waals surface area contributed by atoms with Gasteiger partial charge in [0.2, 0.25) is 11.7 Å². The van der Waals surface area contributed by atoms with Crippen molar-refractivity contribution in [3.8, 4) is 0 Å². The van der Waals surface area contributed by atoms with Crippen molar-refractivity contribution in [1.29, 1.82) is 0 Å². The highest BCUT2D eigenvalue weighted by atomic mass is 19.3. The second-order valence-corrected chi connectivity index (χ2v) is 9.23. The molecule has 0 aromatic carbocycles. The van der Waals surface area contributed by atoms with E-state index in [4.69, 9.17) is 0 Å². The first kappa shape index (κ1) is 21.0. The molecule has 11 heteroatoms. The van der Waals surface area contributed by atoms with Crippen LogP contribution >= 0.6 is 0 Å². The highest BCUT2D eigenvalue weighted by Crippen LogP contribution is 2.41. The van der Waals surface area contributed by atoms with E-state index in [1.165, 1.54) is 11.0 Å². The summed E-state index contributed by atoms with van der Waals surface area (Å²) in [5.74, 6) is -2.00. The number of halogens is 2. The molecule has 9 nitrogen and oxygen atoms in total. The smallest absolute Gasteiger partial charge is 0.291 e. The number of hydrogen-bond acceptors (Lipinski definition) is 5. The summed E-state index contributed by atoms with van der Waals surface area (Å²) in [6.07, 6.45) is 4.76. The van der Waals surface area contributed by atoms with Gasteiger partial charge in [0, 0.05) is 45.0 Å². The molecule has 1 N–H and O–H groups in total. The van der Waals surface area contributed by atoms with Crippen molar-refractivity contribution in [3.05, 3.63) is 23.9 Å². The van der Waals surface area contributed by atoms with Gasteiger partial charge in [-0.05, 0) is 38.0 Å². The maximum atomic E-state index is 13.3. The minimum atomic E-state index is -2.57. The van der Waals surface area contributed by atoms with Crippen LogP contribution in [0.1, 0.15) is 67.2 Å². The van der Waals surface area contributed by atoms with Gasteiger partial charge in [-0.1, -0.05) is 0 Å². The van der Waals surface area contributed by atoms with Crippen LogP contribution in [-0.2, 0) is 17.9 Å². The maximum absolute atomic E-state index is 13.3. The quantitative estimate of drug-likeness (QED) is 0.759. The zero-order valence-corrected chi connectivity index (χ0v) is 18.0. The maximum Gasteiger partial charge on any atom is 0.291 e. The molecule has 5 rings (SSSR count). The topological polar surface area (TPSA) is 97.9 Å². The van der Waals surface area contributed by atoms with E-state index in [-0.39, 0.29) is 30.5 Å². The van der Waals surface area contributed by atoms with Crippen molar-refractivity contribution < 1.29 is 18.4 Å². The van der Waals surface area contributed by atoms with Crippen molar-refractivity contribution in [2.75, 3.05) is 11.9 Å². The molecule has 0 bridgehead atoms. The molecule has 1 aliphatic heterocycles. The van der Waals surface area contributed by atoms with E-state index in [1.54, 1.807) is 11.9 Å². The van der Waals surface area contributed by atoms with Crippen LogP contribution in [0.3, 0.4) is 0 Å². The molecule has 2 fully saturated rings. The first-order valence-electron chi connectivity index (χ1n) is 11.2. The van der Waals surface area contributed by atoms with Gasteiger partial charge in [-0.3, -0.25) is 19.2 Å². The number of nitrogens with one attached hydrogen (secondary N) is 1. The van der Waals surface area contributed by atoms with Crippen molar-refractivity contribution in [3.63, 3.8) is 0 Å². The van der Waals surface area contributed by atoms with Gasteiger partial charge in [0.1, 0.15) is 18.2 Å². The Bertz CT molecular complexity index is 1020. The summed E-state index contributed by atoms with van der Waals surface area (Å²) in [4.78, 5) is 31.2. The van der Waals surface area contributed by atoms with Crippen LogP contribution in [-0.4, -0.2) is 55.4 Å². The summed E-state index contributed by atoms with van der Waals surface area (Å²) in [7, 11) is 1.69. The lowest BCUT2D eigenvalue weighted by atomic mass is 9.87. The summed E-state index contributed by atoms with van der Waals surface area (Å²) in [6, 6.07) is 1.26. The summed E-state index contributed by atoms with van der Waals surface area (Å²) < 4.78 is 30.0. The number of fused-ring (bicyclic) bond motifs is 1. The number of aromatic nitrogens is 5. The standard InChI is InChI=1S/C21H27F2N7O2/c1-28-17-10-16(14-2-3-14)26-30(17)9-6-15(20(28)32)25-19(31)18-24-12-29(27-18)11-13-4-7-21(22,23)8-5-13/h10,12-15H,2-9,11H2,1H3,(H,25,31). The van der Waals surface area contributed by atoms with Crippen LogP contribution in [0.2, 0.25) is 0 Å².